The minimum atomic E-state index is -0.554. The summed E-state index contributed by atoms with van der Waals surface area (Å²) in [5, 5.41) is 8.86. The number of carbonyl (C=O) groups excluding carboxylic acids is 2. The first-order chi connectivity index (χ1) is 7.65. The Morgan fingerprint density at radius 2 is 2.31 bits per heavy atom. The van der Waals surface area contributed by atoms with Crippen molar-refractivity contribution in [3.05, 3.63) is 28.8 Å². The molecule has 16 heavy (non-hydrogen) atoms. The van der Waals surface area contributed by atoms with Crippen molar-refractivity contribution < 1.29 is 14.3 Å². The zero-order chi connectivity index (χ0) is 12.1. The number of thiol groups is 1. The van der Waals surface area contributed by atoms with Crippen LogP contribution in [0.2, 0.25) is 0 Å². The highest BCUT2D eigenvalue weighted by Gasteiger charge is 2.16. The highest BCUT2D eigenvalue weighted by atomic mass is 32.1. The summed E-state index contributed by atoms with van der Waals surface area (Å²) >= 11 is 4.07. The van der Waals surface area contributed by atoms with Gasteiger partial charge in [-0.05, 0) is 19.1 Å². The van der Waals surface area contributed by atoms with Gasteiger partial charge in [0.15, 0.2) is 6.29 Å². The van der Waals surface area contributed by atoms with Gasteiger partial charge >= 0.3 is 5.97 Å². The SMILES string of the molecule is CCOC(=O)c1ccc(C=O)c(C#N)c1S. The van der Waals surface area contributed by atoms with Crippen LogP contribution in [-0.2, 0) is 4.74 Å². The molecule has 0 unspecified atom stereocenters. The molecular formula is C11H9NO3S. The number of hydrogen-bond donors (Lipinski definition) is 1. The fourth-order valence-corrected chi connectivity index (χ4v) is 1.54. The van der Waals surface area contributed by atoms with Gasteiger partial charge in [0.25, 0.3) is 0 Å². The van der Waals surface area contributed by atoms with Gasteiger partial charge in [0.2, 0.25) is 0 Å². The Bertz CT molecular complexity index is 477. The average molecular weight is 235 g/mol. The molecule has 0 atom stereocenters. The van der Waals surface area contributed by atoms with Gasteiger partial charge in [-0.15, -0.1) is 12.6 Å². The monoisotopic (exact) mass is 235 g/mol. The number of esters is 1. The van der Waals surface area contributed by atoms with Crippen LogP contribution >= 0.6 is 12.6 Å². The molecule has 0 saturated carbocycles. The van der Waals surface area contributed by atoms with Crippen LogP contribution in [0.4, 0.5) is 0 Å². The van der Waals surface area contributed by atoms with Gasteiger partial charge in [0, 0.05) is 10.5 Å². The molecule has 0 spiro atoms. The first-order valence-corrected chi connectivity index (χ1v) is 4.98. The van der Waals surface area contributed by atoms with Crippen LogP contribution in [-0.4, -0.2) is 18.9 Å². The molecule has 0 heterocycles. The van der Waals surface area contributed by atoms with E-state index in [0.29, 0.717) is 6.29 Å². The van der Waals surface area contributed by atoms with Crippen LogP contribution in [0, 0.1) is 11.3 Å². The molecule has 4 nitrogen and oxygen atoms in total. The Hall–Kier alpha value is -1.80. The Kier molecular flexibility index (Phi) is 4.09. The van der Waals surface area contributed by atoms with Crippen LogP contribution in [0.3, 0.4) is 0 Å². The predicted molar refractivity (Wildman–Crippen MR) is 59.8 cm³/mol. The fourth-order valence-electron chi connectivity index (χ4n) is 1.20. The molecule has 0 aliphatic carbocycles. The molecule has 0 bridgehead atoms. The van der Waals surface area contributed by atoms with Gasteiger partial charge in [-0.1, -0.05) is 0 Å². The van der Waals surface area contributed by atoms with E-state index in [1.165, 1.54) is 12.1 Å². The highest BCUT2D eigenvalue weighted by molar-refractivity contribution is 7.80. The molecule has 0 aliphatic heterocycles. The van der Waals surface area contributed by atoms with E-state index in [2.05, 4.69) is 12.6 Å². The van der Waals surface area contributed by atoms with Gasteiger partial charge in [-0.2, -0.15) is 5.26 Å². The lowest BCUT2D eigenvalue weighted by atomic mass is 10.1. The van der Waals surface area contributed by atoms with Crippen molar-refractivity contribution in [2.75, 3.05) is 6.61 Å². The van der Waals surface area contributed by atoms with Crippen molar-refractivity contribution in [2.45, 2.75) is 11.8 Å². The van der Waals surface area contributed by atoms with Crippen molar-refractivity contribution in [1.82, 2.24) is 0 Å². The molecule has 0 fully saturated rings. The van der Waals surface area contributed by atoms with E-state index in [9.17, 15) is 9.59 Å². The number of nitriles is 1. The number of carbonyl (C=O) groups is 2. The minimum Gasteiger partial charge on any atom is -0.462 e. The van der Waals surface area contributed by atoms with Crippen LogP contribution in [0.25, 0.3) is 0 Å². The molecule has 0 N–H and O–H groups in total. The van der Waals surface area contributed by atoms with Crippen molar-refractivity contribution in [3.63, 3.8) is 0 Å². The summed E-state index contributed by atoms with van der Waals surface area (Å²) in [6.07, 6.45) is 0.549. The van der Waals surface area contributed by atoms with Crippen LogP contribution < -0.4 is 0 Å². The van der Waals surface area contributed by atoms with Crippen LogP contribution in [0.15, 0.2) is 17.0 Å². The largest absolute Gasteiger partial charge is 0.462 e. The maximum absolute atomic E-state index is 11.5. The van der Waals surface area contributed by atoms with Gasteiger partial charge in [-0.25, -0.2) is 4.79 Å². The van der Waals surface area contributed by atoms with Gasteiger partial charge in [-0.3, -0.25) is 4.79 Å². The Morgan fingerprint density at radius 3 is 2.81 bits per heavy atom. The summed E-state index contributed by atoms with van der Waals surface area (Å²) < 4.78 is 4.80. The maximum Gasteiger partial charge on any atom is 0.339 e. The van der Waals surface area contributed by atoms with Crippen molar-refractivity contribution in [2.24, 2.45) is 0 Å². The van der Waals surface area contributed by atoms with E-state index >= 15 is 0 Å². The summed E-state index contributed by atoms with van der Waals surface area (Å²) in [4.78, 5) is 22.3. The summed E-state index contributed by atoms with van der Waals surface area (Å²) in [5.74, 6) is -0.554. The van der Waals surface area contributed by atoms with E-state index in [-0.39, 0.29) is 28.2 Å². The van der Waals surface area contributed by atoms with Crippen molar-refractivity contribution in [3.8, 4) is 6.07 Å². The highest BCUT2D eigenvalue weighted by Crippen LogP contribution is 2.22. The summed E-state index contributed by atoms with van der Waals surface area (Å²) in [7, 11) is 0. The predicted octanol–water partition coefficient (Wildman–Crippen LogP) is 1.84. The minimum absolute atomic E-state index is 0.0869. The summed E-state index contributed by atoms with van der Waals surface area (Å²) in [5.41, 5.74) is 0.483. The standard InChI is InChI=1S/C11H9NO3S/c1-2-15-11(14)8-4-3-7(6-13)9(5-12)10(8)16/h3-4,6,16H,2H2,1H3. The molecule has 1 aromatic carbocycles. The lowest BCUT2D eigenvalue weighted by Crippen LogP contribution is -2.07. The smallest absolute Gasteiger partial charge is 0.339 e. The fraction of sp³-hybridized carbons (Fsp3) is 0.182. The van der Waals surface area contributed by atoms with E-state index in [0.717, 1.165) is 0 Å². The molecule has 82 valence electrons. The Morgan fingerprint density at radius 1 is 1.62 bits per heavy atom. The molecular weight excluding hydrogens is 226 g/mol. The topological polar surface area (TPSA) is 67.2 Å². The van der Waals surface area contributed by atoms with E-state index in [4.69, 9.17) is 10.00 Å². The molecule has 0 radical (unpaired) electrons. The average Bonchev–Trinajstić information content (AvgIpc) is 2.28. The maximum atomic E-state index is 11.5. The Labute approximate surface area is 98.2 Å². The summed E-state index contributed by atoms with van der Waals surface area (Å²) in [6.45, 7) is 1.92. The zero-order valence-corrected chi connectivity index (χ0v) is 9.45. The third kappa shape index (κ3) is 2.23. The third-order valence-electron chi connectivity index (χ3n) is 1.94. The zero-order valence-electron chi connectivity index (χ0n) is 8.56. The molecule has 0 aromatic heterocycles. The van der Waals surface area contributed by atoms with Crippen molar-refractivity contribution in [1.29, 1.82) is 5.26 Å². The lowest BCUT2D eigenvalue weighted by Gasteiger charge is -2.07. The van der Waals surface area contributed by atoms with Crippen LogP contribution in [0.1, 0.15) is 33.2 Å². The quantitative estimate of drug-likeness (QED) is 0.493. The number of rotatable bonds is 3. The van der Waals surface area contributed by atoms with E-state index in [1.807, 2.05) is 6.07 Å². The molecule has 0 aliphatic rings. The first kappa shape index (κ1) is 12.3. The summed E-state index contributed by atoms with van der Waals surface area (Å²) in [6, 6.07) is 4.66. The molecule has 5 heteroatoms. The van der Waals surface area contributed by atoms with Crippen molar-refractivity contribution >= 4 is 24.9 Å². The number of nitrogens with zero attached hydrogens (tertiary/aromatic N) is 1. The second-order valence-corrected chi connectivity index (χ2v) is 3.32. The van der Waals surface area contributed by atoms with E-state index in [1.54, 1.807) is 6.92 Å². The van der Waals surface area contributed by atoms with Gasteiger partial charge in [0.05, 0.1) is 17.7 Å². The van der Waals surface area contributed by atoms with Gasteiger partial charge < -0.3 is 4.74 Å². The van der Waals surface area contributed by atoms with Crippen LogP contribution in [0.5, 0.6) is 0 Å². The first-order valence-electron chi connectivity index (χ1n) is 4.54. The third-order valence-corrected chi connectivity index (χ3v) is 2.41. The van der Waals surface area contributed by atoms with Gasteiger partial charge in [0.1, 0.15) is 6.07 Å². The normalized spacial score (nSPS) is 9.31. The molecule has 1 rings (SSSR count). The number of aldehydes is 1. The number of benzene rings is 1. The number of hydrogen-bond acceptors (Lipinski definition) is 5. The second-order valence-electron chi connectivity index (χ2n) is 2.88. The van der Waals surface area contributed by atoms with E-state index < -0.39 is 5.97 Å². The molecule has 0 amide bonds. The lowest BCUT2D eigenvalue weighted by molar-refractivity contribution is 0.0522. The molecule has 0 saturated heterocycles. The Balaban J connectivity index is 3.30. The number of ether oxygens (including phenoxy) is 1. The molecule has 1 aromatic rings. The second kappa shape index (κ2) is 5.33.